The third-order valence-electron chi connectivity index (χ3n) is 3.42. The lowest BCUT2D eigenvalue weighted by Gasteiger charge is -2.15. The van der Waals surface area contributed by atoms with E-state index in [9.17, 15) is 0 Å². The van der Waals surface area contributed by atoms with Gasteiger partial charge in [-0.2, -0.15) is 0 Å². The summed E-state index contributed by atoms with van der Waals surface area (Å²) < 4.78 is 5.97. The van der Waals surface area contributed by atoms with Crippen LogP contribution in [0.4, 0.5) is 5.82 Å². The molecule has 1 aromatic heterocycles. The highest BCUT2D eigenvalue weighted by atomic mass is 35.5. The van der Waals surface area contributed by atoms with E-state index in [4.69, 9.17) is 22.1 Å². The first-order valence-electron chi connectivity index (χ1n) is 7.01. The van der Waals surface area contributed by atoms with Gasteiger partial charge in [0.05, 0.1) is 5.56 Å². The summed E-state index contributed by atoms with van der Waals surface area (Å²) in [5.74, 6) is 2.03. The number of anilines is 1. The quantitative estimate of drug-likeness (QED) is 0.903. The molecule has 0 aliphatic rings. The Morgan fingerprint density at radius 2 is 2.00 bits per heavy atom. The summed E-state index contributed by atoms with van der Waals surface area (Å²) in [4.78, 5) is 8.20. The number of nitrogens with zero attached hydrogens (tertiary/aromatic N) is 2. The van der Waals surface area contributed by atoms with Crippen molar-refractivity contribution in [3.05, 3.63) is 40.2 Å². The third kappa shape index (κ3) is 3.27. The minimum Gasteiger partial charge on any atom is -0.438 e. The van der Waals surface area contributed by atoms with E-state index in [-0.39, 0.29) is 0 Å². The van der Waals surface area contributed by atoms with E-state index in [1.165, 1.54) is 6.33 Å². The Hall–Kier alpha value is -1.81. The van der Waals surface area contributed by atoms with Gasteiger partial charge >= 0.3 is 0 Å². The molecule has 0 atom stereocenters. The van der Waals surface area contributed by atoms with Crippen molar-refractivity contribution < 1.29 is 4.74 Å². The van der Waals surface area contributed by atoms with E-state index >= 15 is 0 Å². The van der Waals surface area contributed by atoms with Crippen molar-refractivity contribution >= 4 is 17.4 Å². The highest BCUT2D eigenvalue weighted by molar-refractivity contribution is 6.31. The molecule has 5 heteroatoms. The Labute approximate surface area is 130 Å². The molecule has 0 bridgehead atoms. The summed E-state index contributed by atoms with van der Waals surface area (Å²) in [7, 11) is 0. The van der Waals surface area contributed by atoms with Crippen molar-refractivity contribution in [1.29, 1.82) is 0 Å². The molecule has 0 unspecified atom stereocenters. The van der Waals surface area contributed by atoms with E-state index in [1.807, 2.05) is 26.0 Å². The van der Waals surface area contributed by atoms with Gasteiger partial charge in [0.15, 0.2) is 0 Å². The molecule has 1 aromatic carbocycles. The van der Waals surface area contributed by atoms with Crippen LogP contribution in [0, 0.1) is 6.92 Å². The maximum atomic E-state index is 6.28. The number of nitrogens with two attached hydrogens (primary N) is 1. The number of halogens is 1. The average Bonchev–Trinajstić information content (AvgIpc) is 2.41. The largest absolute Gasteiger partial charge is 0.438 e. The van der Waals surface area contributed by atoms with Gasteiger partial charge in [-0.15, -0.1) is 0 Å². The standard InChI is InChI=1S/C16H20ClN3O/c1-5-11-15(18)19-8-20-16(11)21-14-7-12(9(2)3)13(17)6-10(14)4/h6-9H,5H2,1-4H3,(H2,18,19,20). The molecule has 0 spiro atoms. The van der Waals surface area contributed by atoms with Crippen molar-refractivity contribution in [2.24, 2.45) is 0 Å². The molecule has 1 heterocycles. The maximum absolute atomic E-state index is 6.28. The monoisotopic (exact) mass is 305 g/mol. The Morgan fingerprint density at radius 3 is 2.62 bits per heavy atom. The van der Waals surface area contributed by atoms with Crippen LogP contribution in [0.25, 0.3) is 0 Å². The number of hydrogen-bond donors (Lipinski definition) is 1. The first-order valence-corrected chi connectivity index (χ1v) is 7.39. The van der Waals surface area contributed by atoms with E-state index in [2.05, 4.69) is 23.8 Å². The van der Waals surface area contributed by atoms with Crippen LogP contribution < -0.4 is 10.5 Å². The average molecular weight is 306 g/mol. The van der Waals surface area contributed by atoms with Crippen LogP contribution in [-0.4, -0.2) is 9.97 Å². The van der Waals surface area contributed by atoms with E-state index in [1.54, 1.807) is 0 Å². The lowest BCUT2D eigenvalue weighted by Crippen LogP contribution is -2.03. The number of ether oxygens (including phenoxy) is 1. The highest BCUT2D eigenvalue weighted by Crippen LogP contribution is 2.34. The summed E-state index contributed by atoms with van der Waals surface area (Å²) in [6.45, 7) is 8.15. The second kappa shape index (κ2) is 6.31. The van der Waals surface area contributed by atoms with Crippen molar-refractivity contribution in [3.8, 4) is 11.6 Å². The predicted molar refractivity (Wildman–Crippen MR) is 86.2 cm³/mol. The summed E-state index contributed by atoms with van der Waals surface area (Å²) in [6.07, 6.45) is 2.13. The van der Waals surface area contributed by atoms with Crippen molar-refractivity contribution in [1.82, 2.24) is 9.97 Å². The first kappa shape index (κ1) is 15.6. The Balaban J connectivity index is 2.45. The molecule has 0 aliphatic heterocycles. The fraction of sp³-hybridized carbons (Fsp3) is 0.375. The number of rotatable bonds is 4. The van der Waals surface area contributed by atoms with Gasteiger partial charge in [-0.25, -0.2) is 9.97 Å². The molecular formula is C16H20ClN3O. The van der Waals surface area contributed by atoms with Crippen LogP contribution in [-0.2, 0) is 6.42 Å². The summed E-state index contributed by atoms with van der Waals surface area (Å²) in [5, 5.41) is 0.757. The molecule has 0 aliphatic carbocycles. The number of hydrogen-bond acceptors (Lipinski definition) is 4. The Kier molecular flexibility index (Phi) is 4.68. The topological polar surface area (TPSA) is 61.0 Å². The maximum Gasteiger partial charge on any atom is 0.227 e. The van der Waals surface area contributed by atoms with Crippen molar-refractivity contribution in [3.63, 3.8) is 0 Å². The number of aryl methyl sites for hydroxylation is 1. The zero-order valence-electron chi connectivity index (χ0n) is 12.8. The molecule has 112 valence electrons. The predicted octanol–water partition coefficient (Wildman–Crippen LogP) is 4.50. The van der Waals surface area contributed by atoms with Crippen LogP contribution in [0.3, 0.4) is 0 Å². The minimum atomic E-state index is 0.321. The van der Waals surface area contributed by atoms with E-state index < -0.39 is 0 Å². The Bertz CT molecular complexity index is 656. The zero-order valence-corrected chi connectivity index (χ0v) is 13.5. The minimum absolute atomic E-state index is 0.321. The Morgan fingerprint density at radius 1 is 1.29 bits per heavy atom. The SMILES string of the molecule is CCc1c(N)ncnc1Oc1cc(C(C)C)c(Cl)cc1C. The fourth-order valence-corrected chi connectivity index (χ4v) is 2.59. The normalized spacial score (nSPS) is 11.0. The van der Waals surface area contributed by atoms with Gasteiger partial charge in [0.2, 0.25) is 5.88 Å². The molecule has 0 radical (unpaired) electrons. The van der Waals surface area contributed by atoms with Gasteiger partial charge in [-0.3, -0.25) is 0 Å². The molecule has 0 saturated heterocycles. The summed E-state index contributed by atoms with van der Waals surface area (Å²) >= 11 is 6.28. The van der Waals surface area contributed by atoms with Crippen LogP contribution in [0.1, 0.15) is 43.4 Å². The number of benzene rings is 1. The van der Waals surface area contributed by atoms with Gasteiger partial charge in [-0.1, -0.05) is 32.4 Å². The lowest BCUT2D eigenvalue weighted by atomic mass is 10.0. The van der Waals surface area contributed by atoms with Gasteiger partial charge in [-0.05, 0) is 42.5 Å². The van der Waals surface area contributed by atoms with Crippen molar-refractivity contribution in [2.45, 2.75) is 40.0 Å². The number of aromatic nitrogens is 2. The van der Waals surface area contributed by atoms with Crippen LogP contribution >= 0.6 is 11.6 Å². The second-order valence-electron chi connectivity index (χ2n) is 5.29. The lowest BCUT2D eigenvalue weighted by molar-refractivity contribution is 0.451. The van der Waals surface area contributed by atoms with Gasteiger partial charge in [0, 0.05) is 5.02 Å². The molecule has 2 aromatic rings. The second-order valence-corrected chi connectivity index (χ2v) is 5.70. The number of nitrogen functional groups attached to an aromatic ring is 1. The van der Waals surface area contributed by atoms with Crippen LogP contribution in [0.15, 0.2) is 18.5 Å². The van der Waals surface area contributed by atoms with Gasteiger partial charge in [0.25, 0.3) is 0 Å². The molecule has 0 fully saturated rings. The van der Waals surface area contributed by atoms with Crippen LogP contribution in [0.2, 0.25) is 5.02 Å². The molecule has 4 nitrogen and oxygen atoms in total. The van der Waals surface area contributed by atoms with E-state index in [0.717, 1.165) is 27.5 Å². The smallest absolute Gasteiger partial charge is 0.227 e. The first-order chi connectivity index (χ1) is 9.93. The summed E-state index contributed by atoms with van der Waals surface area (Å²) in [5.41, 5.74) is 8.71. The molecule has 2 N–H and O–H groups in total. The van der Waals surface area contributed by atoms with Crippen molar-refractivity contribution in [2.75, 3.05) is 5.73 Å². The molecular weight excluding hydrogens is 286 g/mol. The highest BCUT2D eigenvalue weighted by Gasteiger charge is 2.14. The third-order valence-corrected chi connectivity index (χ3v) is 3.74. The fourth-order valence-electron chi connectivity index (χ4n) is 2.15. The summed E-state index contributed by atoms with van der Waals surface area (Å²) in [6, 6.07) is 3.89. The van der Waals surface area contributed by atoms with E-state index in [0.29, 0.717) is 24.0 Å². The van der Waals surface area contributed by atoms with Crippen LogP contribution in [0.5, 0.6) is 11.6 Å². The molecule has 0 saturated carbocycles. The molecule has 0 amide bonds. The van der Waals surface area contributed by atoms with Gasteiger partial charge < -0.3 is 10.5 Å². The molecule has 21 heavy (non-hydrogen) atoms. The zero-order chi connectivity index (χ0) is 15.6. The molecule has 2 rings (SSSR count). The van der Waals surface area contributed by atoms with Gasteiger partial charge in [0.1, 0.15) is 17.9 Å².